The van der Waals surface area contributed by atoms with Gasteiger partial charge in [-0.05, 0) is 31.4 Å². The number of benzene rings is 1. The molecule has 1 aromatic carbocycles. The Labute approximate surface area is 114 Å². The standard InChI is InChI=1S/C14H20N2O2S/c1-19(17,18)14-5-3-2-4-13(14)15-11-8-9-16(10-11)12-6-7-12/h2-5,11-12,15H,6-10H2,1H3. The van der Waals surface area contributed by atoms with Crippen molar-refractivity contribution in [2.24, 2.45) is 0 Å². The molecule has 104 valence electrons. The number of anilines is 1. The van der Waals surface area contributed by atoms with Crippen LogP contribution in [0.5, 0.6) is 0 Å². The van der Waals surface area contributed by atoms with E-state index in [0.717, 1.165) is 31.2 Å². The second-order valence-corrected chi connectivity index (χ2v) is 7.61. The Balaban J connectivity index is 1.73. The maximum absolute atomic E-state index is 11.8. The van der Waals surface area contributed by atoms with Crippen LogP contribution in [0.2, 0.25) is 0 Å². The molecule has 1 unspecified atom stereocenters. The molecule has 0 aromatic heterocycles. The highest BCUT2D eigenvalue weighted by Crippen LogP contribution is 2.31. The Kier molecular flexibility index (Phi) is 3.27. The van der Waals surface area contributed by atoms with E-state index in [1.807, 2.05) is 12.1 Å². The van der Waals surface area contributed by atoms with Crippen molar-refractivity contribution in [3.63, 3.8) is 0 Å². The summed E-state index contributed by atoms with van der Waals surface area (Å²) in [6.45, 7) is 2.16. The molecule has 4 nitrogen and oxygen atoms in total. The minimum atomic E-state index is -3.17. The van der Waals surface area contributed by atoms with Crippen LogP contribution in [0.25, 0.3) is 0 Å². The largest absolute Gasteiger partial charge is 0.380 e. The maximum Gasteiger partial charge on any atom is 0.177 e. The first-order chi connectivity index (χ1) is 9.04. The molecule has 0 amide bonds. The van der Waals surface area contributed by atoms with E-state index in [9.17, 15) is 8.42 Å². The number of nitrogens with one attached hydrogen (secondary N) is 1. The summed E-state index contributed by atoms with van der Waals surface area (Å²) in [5, 5.41) is 3.41. The lowest BCUT2D eigenvalue weighted by molar-refractivity contribution is 0.326. The molecule has 3 rings (SSSR count). The summed E-state index contributed by atoms with van der Waals surface area (Å²) in [4.78, 5) is 2.92. The zero-order valence-corrected chi connectivity index (χ0v) is 12.0. The third-order valence-electron chi connectivity index (χ3n) is 3.93. The number of likely N-dealkylation sites (tertiary alicyclic amines) is 1. The molecular formula is C14H20N2O2S. The van der Waals surface area contributed by atoms with Gasteiger partial charge in [0.2, 0.25) is 0 Å². The summed E-state index contributed by atoms with van der Waals surface area (Å²) in [5.74, 6) is 0. The van der Waals surface area contributed by atoms with Crippen LogP contribution >= 0.6 is 0 Å². The molecule has 1 aliphatic heterocycles. The smallest absolute Gasteiger partial charge is 0.177 e. The molecule has 1 saturated carbocycles. The number of nitrogens with zero attached hydrogens (tertiary/aromatic N) is 1. The van der Waals surface area contributed by atoms with Crippen LogP contribution in [-0.2, 0) is 9.84 Å². The van der Waals surface area contributed by atoms with Gasteiger partial charge in [-0.15, -0.1) is 0 Å². The van der Waals surface area contributed by atoms with Gasteiger partial charge < -0.3 is 5.32 Å². The first-order valence-electron chi connectivity index (χ1n) is 6.84. The second kappa shape index (κ2) is 4.80. The Morgan fingerprint density at radius 2 is 1.95 bits per heavy atom. The summed E-state index contributed by atoms with van der Waals surface area (Å²) in [5.41, 5.74) is 0.743. The van der Waals surface area contributed by atoms with E-state index in [1.54, 1.807) is 12.1 Å². The third kappa shape index (κ3) is 2.92. The molecule has 2 aliphatic rings. The lowest BCUT2D eigenvalue weighted by atomic mass is 10.2. The minimum Gasteiger partial charge on any atom is -0.380 e. The number of hydrogen-bond acceptors (Lipinski definition) is 4. The second-order valence-electron chi connectivity index (χ2n) is 5.62. The molecule has 0 bridgehead atoms. The fourth-order valence-electron chi connectivity index (χ4n) is 2.81. The van der Waals surface area contributed by atoms with Gasteiger partial charge in [0.05, 0.1) is 10.6 Å². The van der Waals surface area contributed by atoms with Crippen molar-refractivity contribution in [1.29, 1.82) is 0 Å². The van der Waals surface area contributed by atoms with Gasteiger partial charge in [-0.25, -0.2) is 8.42 Å². The monoisotopic (exact) mass is 280 g/mol. The molecule has 1 atom stereocenters. The van der Waals surface area contributed by atoms with E-state index in [1.165, 1.54) is 19.1 Å². The molecule has 0 radical (unpaired) electrons. The molecule has 2 fully saturated rings. The van der Waals surface area contributed by atoms with E-state index in [2.05, 4.69) is 10.2 Å². The van der Waals surface area contributed by atoms with Crippen LogP contribution in [0, 0.1) is 0 Å². The van der Waals surface area contributed by atoms with E-state index >= 15 is 0 Å². The number of hydrogen-bond donors (Lipinski definition) is 1. The van der Waals surface area contributed by atoms with Crippen molar-refractivity contribution in [2.45, 2.75) is 36.2 Å². The van der Waals surface area contributed by atoms with Crippen molar-refractivity contribution in [3.05, 3.63) is 24.3 Å². The third-order valence-corrected chi connectivity index (χ3v) is 5.08. The van der Waals surface area contributed by atoms with Gasteiger partial charge >= 0.3 is 0 Å². The Morgan fingerprint density at radius 1 is 1.21 bits per heavy atom. The molecule has 1 aromatic rings. The van der Waals surface area contributed by atoms with Gasteiger partial charge in [0, 0.05) is 31.4 Å². The fourth-order valence-corrected chi connectivity index (χ4v) is 3.66. The molecule has 1 saturated heterocycles. The van der Waals surface area contributed by atoms with Crippen LogP contribution in [0.3, 0.4) is 0 Å². The van der Waals surface area contributed by atoms with E-state index in [-0.39, 0.29) is 0 Å². The molecule has 19 heavy (non-hydrogen) atoms. The van der Waals surface area contributed by atoms with Crippen LogP contribution < -0.4 is 5.32 Å². The summed E-state index contributed by atoms with van der Waals surface area (Å²) in [6.07, 6.45) is 5.01. The lowest BCUT2D eigenvalue weighted by Gasteiger charge is -2.18. The predicted octanol–water partition coefficient (Wildman–Crippen LogP) is 1.74. The van der Waals surface area contributed by atoms with Crippen molar-refractivity contribution in [2.75, 3.05) is 24.7 Å². The van der Waals surface area contributed by atoms with Crippen LogP contribution in [0.4, 0.5) is 5.69 Å². The Morgan fingerprint density at radius 3 is 2.63 bits per heavy atom. The lowest BCUT2D eigenvalue weighted by Crippen LogP contribution is -2.28. The summed E-state index contributed by atoms with van der Waals surface area (Å²) >= 11 is 0. The molecule has 0 spiro atoms. The van der Waals surface area contributed by atoms with Crippen LogP contribution in [-0.4, -0.2) is 44.7 Å². The van der Waals surface area contributed by atoms with Gasteiger partial charge in [-0.2, -0.15) is 0 Å². The van der Waals surface area contributed by atoms with E-state index in [0.29, 0.717) is 10.9 Å². The highest BCUT2D eigenvalue weighted by Gasteiger charge is 2.34. The molecule has 5 heteroatoms. The minimum absolute atomic E-state index is 0.364. The fraction of sp³-hybridized carbons (Fsp3) is 0.571. The summed E-state index contributed by atoms with van der Waals surface area (Å²) in [7, 11) is -3.17. The molecule has 1 N–H and O–H groups in total. The van der Waals surface area contributed by atoms with Crippen molar-refractivity contribution in [1.82, 2.24) is 4.90 Å². The summed E-state index contributed by atoms with van der Waals surface area (Å²) in [6, 6.07) is 8.33. The van der Waals surface area contributed by atoms with E-state index in [4.69, 9.17) is 0 Å². The van der Waals surface area contributed by atoms with Crippen molar-refractivity contribution in [3.8, 4) is 0 Å². The average Bonchev–Trinajstić information content (AvgIpc) is 3.10. The van der Waals surface area contributed by atoms with Crippen molar-refractivity contribution < 1.29 is 8.42 Å². The zero-order valence-electron chi connectivity index (χ0n) is 11.2. The number of para-hydroxylation sites is 1. The van der Waals surface area contributed by atoms with Gasteiger partial charge in [0.1, 0.15) is 0 Å². The van der Waals surface area contributed by atoms with Crippen molar-refractivity contribution >= 4 is 15.5 Å². The van der Waals surface area contributed by atoms with Crippen LogP contribution in [0.15, 0.2) is 29.2 Å². The van der Waals surface area contributed by atoms with E-state index < -0.39 is 9.84 Å². The maximum atomic E-state index is 11.8. The predicted molar refractivity (Wildman–Crippen MR) is 76.2 cm³/mol. The highest BCUT2D eigenvalue weighted by atomic mass is 32.2. The normalized spacial score (nSPS) is 24.6. The van der Waals surface area contributed by atoms with Gasteiger partial charge in [0.25, 0.3) is 0 Å². The zero-order chi connectivity index (χ0) is 13.5. The Hall–Kier alpha value is -1.07. The quantitative estimate of drug-likeness (QED) is 0.912. The molecular weight excluding hydrogens is 260 g/mol. The Bertz CT molecular complexity index is 567. The average molecular weight is 280 g/mol. The SMILES string of the molecule is CS(=O)(=O)c1ccccc1NC1CCN(C2CC2)C1. The molecule has 1 heterocycles. The highest BCUT2D eigenvalue weighted by molar-refractivity contribution is 7.90. The first kappa shape index (κ1) is 12.9. The number of sulfone groups is 1. The topological polar surface area (TPSA) is 49.4 Å². The summed E-state index contributed by atoms with van der Waals surface area (Å²) < 4.78 is 23.5. The molecule has 1 aliphatic carbocycles. The van der Waals surface area contributed by atoms with Gasteiger partial charge in [0.15, 0.2) is 9.84 Å². The van der Waals surface area contributed by atoms with Crippen LogP contribution in [0.1, 0.15) is 19.3 Å². The van der Waals surface area contributed by atoms with Gasteiger partial charge in [-0.3, -0.25) is 4.90 Å². The van der Waals surface area contributed by atoms with Gasteiger partial charge in [-0.1, -0.05) is 12.1 Å². The first-order valence-corrected chi connectivity index (χ1v) is 8.73. The number of rotatable bonds is 4.